The molecule has 3 heterocycles. The minimum Gasteiger partial charge on any atom is -0.477 e. The number of thiazole rings is 2. The molecular formula is C23H24N3O3S3+. The van der Waals surface area contributed by atoms with Crippen LogP contribution < -0.4 is 19.3 Å². The molecule has 0 saturated heterocycles. The topological polar surface area (TPSA) is 66.4 Å². The van der Waals surface area contributed by atoms with Gasteiger partial charge < -0.3 is 10.0 Å². The SMILES string of the molecule is CCN1C(C)=CS/C1=C\C=c1\sc(=Cc2sc3ccccc3[n+]2CC(=O)O)n(CC)c1=O. The number of rotatable bonds is 6. The van der Waals surface area contributed by atoms with Gasteiger partial charge in [0.2, 0.25) is 12.1 Å². The highest BCUT2D eigenvalue weighted by molar-refractivity contribution is 8.06. The van der Waals surface area contributed by atoms with Crippen molar-refractivity contribution in [3.8, 4) is 0 Å². The normalized spacial score (nSPS) is 16.5. The fourth-order valence-electron chi connectivity index (χ4n) is 3.65. The summed E-state index contributed by atoms with van der Waals surface area (Å²) in [4.78, 5) is 26.7. The van der Waals surface area contributed by atoms with Crippen molar-refractivity contribution in [3.05, 3.63) is 71.0 Å². The number of nitrogens with zero attached hydrogens (tertiary/aromatic N) is 3. The van der Waals surface area contributed by atoms with Gasteiger partial charge in [-0.05, 0) is 44.4 Å². The first-order valence-corrected chi connectivity index (χ1v) is 12.8. The Morgan fingerprint density at radius 3 is 2.66 bits per heavy atom. The Hall–Kier alpha value is -2.62. The molecular weight excluding hydrogens is 462 g/mol. The number of allylic oxidation sites excluding steroid dienone is 2. The van der Waals surface area contributed by atoms with Gasteiger partial charge in [-0.2, -0.15) is 4.57 Å². The third-order valence-corrected chi connectivity index (χ3v) is 8.41. The van der Waals surface area contributed by atoms with Gasteiger partial charge in [-0.3, -0.25) is 9.36 Å². The summed E-state index contributed by atoms with van der Waals surface area (Å²) in [6.45, 7) is 7.44. The fourth-order valence-corrected chi connectivity index (χ4v) is 6.84. The summed E-state index contributed by atoms with van der Waals surface area (Å²) in [5.74, 6) is -0.897. The summed E-state index contributed by atoms with van der Waals surface area (Å²) in [5, 5.41) is 13.4. The van der Waals surface area contributed by atoms with E-state index in [4.69, 9.17) is 0 Å². The van der Waals surface area contributed by atoms with Crippen molar-refractivity contribution in [1.82, 2.24) is 9.47 Å². The van der Waals surface area contributed by atoms with Crippen molar-refractivity contribution in [2.45, 2.75) is 33.9 Å². The molecule has 0 bridgehead atoms. The predicted octanol–water partition coefficient (Wildman–Crippen LogP) is 2.90. The van der Waals surface area contributed by atoms with Crippen LogP contribution >= 0.6 is 34.4 Å². The van der Waals surface area contributed by atoms with Crippen LogP contribution in [0.2, 0.25) is 0 Å². The van der Waals surface area contributed by atoms with Crippen LogP contribution in [0.3, 0.4) is 0 Å². The first-order chi connectivity index (χ1) is 15.4. The van der Waals surface area contributed by atoms with Crippen molar-refractivity contribution in [3.63, 3.8) is 0 Å². The number of hydrogen-bond acceptors (Lipinski definition) is 6. The van der Waals surface area contributed by atoms with E-state index in [1.165, 1.54) is 28.4 Å². The fraction of sp³-hybridized carbons (Fsp3) is 0.261. The molecule has 3 aromatic rings. The van der Waals surface area contributed by atoms with Gasteiger partial charge in [-0.1, -0.05) is 35.2 Å². The average Bonchev–Trinajstić information content (AvgIpc) is 3.40. The van der Waals surface area contributed by atoms with E-state index in [-0.39, 0.29) is 12.1 Å². The maximum Gasteiger partial charge on any atom is 0.370 e. The van der Waals surface area contributed by atoms with Gasteiger partial charge in [-0.25, -0.2) is 4.79 Å². The second-order valence-electron chi connectivity index (χ2n) is 7.18. The van der Waals surface area contributed by atoms with E-state index in [0.29, 0.717) is 11.1 Å². The third-order valence-electron chi connectivity index (χ3n) is 5.17. The molecule has 0 saturated carbocycles. The van der Waals surface area contributed by atoms with Gasteiger partial charge in [0.1, 0.15) is 9.36 Å². The van der Waals surface area contributed by atoms with E-state index in [2.05, 4.69) is 24.2 Å². The average molecular weight is 487 g/mol. The lowest BCUT2D eigenvalue weighted by Gasteiger charge is -2.18. The molecule has 6 nitrogen and oxygen atoms in total. The number of thioether (sulfide) groups is 1. The number of para-hydroxylation sites is 1. The second kappa shape index (κ2) is 9.48. The van der Waals surface area contributed by atoms with Crippen LogP contribution in [0.25, 0.3) is 22.4 Å². The van der Waals surface area contributed by atoms with Crippen LogP contribution in [-0.2, 0) is 17.9 Å². The molecule has 0 atom stereocenters. The number of aliphatic carboxylic acids is 1. The summed E-state index contributed by atoms with van der Waals surface area (Å²) < 4.78 is 6.03. The lowest BCUT2D eigenvalue weighted by atomic mass is 10.3. The molecule has 4 rings (SSSR count). The standard InChI is InChI=1S/C23H23N3O3S3/c1-4-24-15(3)14-30-19(24)11-10-18-23(29)25(5-2)20(32-18)12-21-26(13-22(27)28)16-8-6-7-9-17(16)31-21/h6-12,14H,4-5,13H2,1-3H3/p+1/b18-10+,19-11-. The molecule has 32 heavy (non-hydrogen) atoms. The van der Waals surface area contributed by atoms with Crippen molar-refractivity contribution in [2.75, 3.05) is 6.54 Å². The Labute approximate surface area is 197 Å². The number of fused-ring (bicyclic) bond motifs is 1. The molecule has 1 N–H and O–H groups in total. The van der Waals surface area contributed by atoms with E-state index >= 15 is 0 Å². The second-order valence-corrected chi connectivity index (χ2v) is 10.2. The Morgan fingerprint density at radius 2 is 1.94 bits per heavy atom. The van der Waals surface area contributed by atoms with Crippen LogP contribution in [0.5, 0.6) is 0 Å². The highest BCUT2D eigenvalue weighted by Crippen LogP contribution is 2.33. The number of aromatic nitrogens is 2. The molecule has 0 fully saturated rings. The zero-order valence-electron chi connectivity index (χ0n) is 18.1. The molecule has 9 heteroatoms. The molecule has 1 aromatic carbocycles. The van der Waals surface area contributed by atoms with E-state index in [0.717, 1.165) is 31.5 Å². The van der Waals surface area contributed by atoms with Crippen LogP contribution in [0.1, 0.15) is 25.8 Å². The van der Waals surface area contributed by atoms with E-state index in [9.17, 15) is 14.7 Å². The maximum absolute atomic E-state index is 13.0. The zero-order chi connectivity index (χ0) is 22.8. The number of carboxylic acids is 1. The summed E-state index contributed by atoms with van der Waals surface area (Å²) in [6.07, 6.45) is 5.83. The molecule has 166 valence electrons. The number of carboxylic acid groups (broad SMARTS) is 1. The summed E-state index contributed by atoms with van der Waals surface area (Å²) in [5.41, 5.74) is 2.06. The lowest BCUT2D eigenvalue weighted by Crippen LogP contribution is -2.40. The van der Waals surface area contributed by atoms with Crippen LogP contribution in [0, 0.1) is 0 Å². The largest absolute Gasteiger partial charge is 0.477 e. The first-order valence-electron chi connectivity index (χ1n) is 10.3. The number of benzene rings is 1. The molecule has 0 radical (unpaired) electrons. The molecule has 1 aliphatic heterocycles. The number of carbonyl (C=O) groups is 1. The quantitative estimate of drug-likeness (QED) is 0.543. The number of hydrogen-bond donors (Lipinski definition) is 1. The predicted molar refractivity (Wildman–Crippen MR) is 133 cm³/mol. The van der Waals surface area contributed by atoms with Crippen molar-refractivity contribution in [1.29, 1.82) is 0 Å². The molecule has 0 unspecified atom stereocenters. The van der Waals surface area contributed by atoms with Gasteiger partial charge >= 0.3 is 5.97 Å². The molecule has 0 spiro atoms. The maximum atomic E-state index is 13.0. The lowest BCUT2D eigenvalue weighted by molar-refractivity contribution is -0.657. The van der Waals surface area contributed by atoms with Crippen LogP contribution in [0.4, 0.5) is 0 Å². The zero-order valence-corrected chi connectivity index (χ0v) is 20.5. The van der Waals surface area contributed by atoms with E-state index in [1.807, 2.05) is 49.4 Å². The van der Waals surface area contributed by atoms with Crippen LogP contribution in [-0.4, -0.2) is 27.1 Å². The molecule has 2 aromatic heterocycles. The monoisotopic (exact) mass is 486 g/mol. The highest BCUT2D eigenvalue weighted by Gasteiger charge is 2.22. The van der Waals surface area contributed by atoms with Gasteiger partial charge in [0.05, 0.1) is 15.6 Å². The van der Waals surface area contributed by atoms with E-state index < -0.39 is 5.97 Å². The Bertz CT molecular complexity index is 1430. The Kier molecular flexibility index (Phi) is 6.68. The van der Waals surface area contributed by atoms with Gasteiger partial charge in [0.25, 0.3) is 10.6 Å². The molecule has 0 aliphatic carbocycles. The van der Waals surface area contributed by atoms with Gasteiger partial charge in [0, 0.05) is 24.9 Å². The minimum atomic E-state index is -0.897. The van der Waals surface area contributed by atoms with Gasteiger partial charge in [0.15, 0.2) is 0 Å². The van der Waals surface area contributed by atoms with Crippen molar-refractivity contribution in [2.24, 2.45) is 0 Å². The Balaban J connectivity index is 1.84. The minimum absolute atomic E-state index is 0.0257. The Morgan fingerprint density at radius 1 is 1.16 bits per heavy atom. The van der Waals surface area contributed by atoms with E-state index in [1.54, 1.807) is 20.9 Å². The third kappa shape index (κ3) is 4.32. The van der Waals surface area contributed by atoms with Crippen LogP contribution in [0.15, 0.2) is 51.3 Å². The van der Waals surface area contributed by atoms with Crippen molar-refractivity contribution < 1.29 is 14.5 Å². The summed E-state index contributed by atoms with van der Waals surface area (Å²) >= 11 is 4.62. The molecule has 0 amide bonds. The first kappa shape index (κ1) is 22.6. The summed E-state index contributed by atoms with van der Waals surface area (Å²) in [7, 11) is 0. The highest BCUT2D eigenvalue weighted by atomic mass is 32.2. The smallest absolute Gasteiger partial charge is 0.370 e. The summed E-state index contributed by atoms with van der Waals surface area (Å²) in [6, 6.07) is 7.76. The van der Waals surface area contributed by atoms with Crippen molar-refractivity contribution >= 4 is 62.8 Å². The molecule has 1 aliphatic rings. The van der Waals surface area contributed by atoms with Gasteiger partial charge in [-0.15, -0.1) is 11.3 Å².